The molecule has 3 heterocycles. The van der Waals surface area contributed by atoms with E-state index in [1.54, 1.807) is 12.4 Å². The van der Waals surface area contributed by atoms with Crippen molar-refractivity contribution >= 4 is 45.8 Å². The second-order valence-electron chi connectivity index (χ2n) is 14.1. The summed E-state index contributed by atoms with van der Waals surface area (Å²) in [6.45, 7) is 22.6. The zero-order valence-electron chi connectivity index (χ0n) is 27.0. The molecule has 3 aromatic heterocycles. The second kappa shape index (κ2) is 12.0. The zero-order chi connectivity index (χ0) is 31.0. The Labute approximate surface area is 253 Å². The number of carbonyl (C=O) groups is 1. The third-order valence-corrected chi connectivity index (χ3v) is 9.79. The van der Waals surface area contributed by atoms with Crippen molar-refractivity contribution in [3.8, 4) is 11.4 Å². The van der Waals surface area contributed by atoms with Gasteiger partial charge in [-0.05, 0) is 56.5 Å². The molecule has 1 N–H and O–H groups in total. The number of hydrogen-bond donors (Lipinski definition) is 1. The molecule has 2 radical (unpaired) electrons. The van der Waals surface area contributed by atoms with Gasteiger partial charge in [0.25, 0.3) is 5.91 Å². The molecule has 1 amide bonds. The molecule has 9 nitrogen and oxygen atoms in total. The molecule has 0 aliphatic rings. The van der Waals surface area contributed by atoms with Crippen LogP contribution in [0, 0.1) is 0 Å². The normalized spacial score (nSPS) is 13.0. The predicted molar refractivity (Wildman–Crippen MR) is 174 cm³/mol. The zero-order valence-corrected chi connectivity index (χ0v) is 29.0. The van der Waals surface area contributed by atoms with Crippen LogP contribution >= 0.6 is 0 Å². The average Bonchev–Trinajstić information content (AvgIpc) is 3.41. The van der Waals surface area contributed by atoms with Crippen LogP contribution in [0.4, 0.5) is 0 Å². The topological polar surface area (TPSA) is 96.1 Å². The number of aromatic nitrogens is 5. The van der Waals surface area contributed by atoms with Gasteiger partial charge in [0.1, 0.15) is 23.6 Å². The fraction of sp³-hybridized carbons (Fsp3) is 0.548. The highest BCUT2D eigenvalue weighted by Crippen LogP contribution is 2.34. The van der Waals surface area contributed by atoms with Gasteiger partial charge in [0.05, 0.1) is 22.9 Å². The molecule has 4 rings (SSSR count). The van der Waals surface area contributed by atoms with Gasteiger partial charge in [0, 0.05) is 39.4 Å². The van der Waals surface area contributed by atoms with Crippen molar-refractivity contribution in [2.75, 3.05) is 6.61 Å². The predicted octanol–water partition coefficient (Wildman–Crippen LogP) is 6.52. The first-order valence-electron chi connectivity index (χ1n) is 14.6. The molecular formula is C31H46N6O3Si2. The first-order chi connectivity index (χ1) is 19.4. The maximum atomic E-state index is 13.2. The molecule has 0 aliphatic carbocycles. The molecule has 0 bridgehead atoms. The number of nitrogens with one attached hydrogen (secondary N) is 1. The SMILES string of the molecule is CC(C)NC(=O)c1cn(COCC[Si](C)(C)C)c2ncc(-c3nn(C)c4ccc(C(C)(C)O[Si]C(C)(C)C)cc34)nc12. The fourth-order valence-electron chi connectivity index (χ4n) is 4.48. The van der Waals surface area contributed by atoms with E-state index in [0.717, 1.165) is 22.5 Å². The summed E-state index contributed by atoms with van der Waals surface area (Å²) in [4.78, 5) is 23.0. The molecule has 0 saturated heterocycles. The molecule has 4 aromatic rings. The van der Waals surface area contributed by atoms with Crippen molar-refractivity contribution < 1.29 is 14.0 Å². The number of nitrogens with zero attached hydrogens (tertiary/aromatic N) is 5. The molecule has 0 unspecified atom stereocenters. The lowest BCUT2D eigenvalue weighted by Gasteiger charge is -2.29. The van der Waals surface area contributed by atoms with Crippen molar-refractivity contribution in [2.24, 2.45) is 7.05 Å². The number of aryl methyl sites for hydroxylation is 1. The van der Waals surface area contributed by atoms with Gasteiger partial charge in [-0.3, -0.25) is 9.48 Å². The van der Waals surface area contributed by atoms with Crippen molar-refractivity contribution in [3.63, 3.8) is 0 Å². The second-order valence-corrected chi connectivity index (χ2v) is 21.6. The monoisotopic (exact) mass is 606 g/mol. The van der Waals surface area contributed by atoms with Crippen molar-refractivity contribution in [1.82, 2.24) is 29.6 Å². The maximum absolute atomic E-state index is 13.2. The van der Waals surface area contributed by atoms with Crippen LogP contribution in [-0.2, 0) is 28.5 Å². The molecule has 1 aromatic carbocycles. The lowest BCUT2D eigenvalue weighted by atomic mass is 9.96. The summed E-state index contributed by atoms with van der Waals surface area (Å²) in [6, 6.07) is 7.37. The van der Waals surface area contributed by atoms with E-state index in [1.807, 2.05) is 30.1 Å². The molecule has 0 fully saturated rings. The van der Waals surface area contributed by atoms with Gasteiger partial charge in [0.2, 0.25) is 9.76 Å². The summed E-state index contributed by atoms with van der Waals surface area (Å²) in [6.07, 6.45) is 3.53. The van der Waals surface area contributed by atoms with Crippen LogP contribution in [0.3, 0.4) is 0 Å². The van der Waals surface area contributed by atoms with Crippen LogP contribution in [0.2, 0.25) is 30.7 Å². The lowest BCUT2D eigenvalue weighted by molar-refractivity contribution is 0.0890. The fourth-order valence-corrected chi connectivity index (χ4v) is 5.92. The van der Waals surface area contributed by atoms with Crippen molar-refractivity contribution in [1.29, 1.82) is 0 Å². The number of hydrogen-bond acceptors (Lipinski definition) is 6. The number of amides is 1. The van der Waals surface area contributed by atoms with E-state index in [4.69, 9.17) is 24.2 Å². The third kappa shape index (κ3) is 7.55. The molecule has 0 saturated carbocycles. The number of carbonyl (C=O) groups excluding carboxylic acids is 1. The third-order valence-electron chi connectivity index (χ3n) is 6.86. The largest absolute Gasteiger partial charge is 0.408 e. The quantitative estimate of drug-likeness (QED) is 0.154. The Morgan fingerprint density at radius 2 is 1.86 bits per heavy atom. The number of benzene rings is 1. The van der Waals surface area contributed by atoms with Crippen LogP contribution in [0.25, 0.3) is 33.5 Å². The Morgan fingerprint density at radius 1 is 1.14 bits per heavy atom. The number of fused-ring (bicyclic) bond motifs is 2. The van der Waals surface area contributed by atoms with Gasteiger partial charge in [-0.2, -0.15) is 5.10 Å². The smallest absolute Gasteiger partial charge is 0.255 e. The van der Waals surface area contributed by atoms with Gasteiger partial charge in [-0.15, -0.1) is 0 Å². The lowest BCUT2D eigenvalue weighted by Crippen LogP contribution is -2.30. The summed E-state index contributed by atoms with van der Waals surface area (Å²) < 4.78 is 16.1. The highest BCUT2D eigenvalue weighted by atomic mass is 28.3. The van der Waals surface area contributed by atoms with Crippen LogP contribution in [-0.4, -0.2) is 60.7 Å². The Kier molecular flexibility index (Phi) is 9.18. The molecular weight excluding hydrogens is 561 g/mol. The summed E-state index contributed by atoms with van der Waals surface area (Å²) in [5.74, 6) is -0.186. The minimum absolute atomic E-state index is 0.0114. The van der Waals surface area contributed by atoms with E-state index in [9.17, 15) is 4.79 Å². The van der Waals surface area contributed by atoms with E-state index in [1.165, 1.54) is 0 Å². The van der Waals surface area contributed by atoms with Crippen molar-refractivity contribution in [2.45, 2.75) is 97.6 Å². The van der Waals surface area contributed by atoms with E-state index in [2.05, 4.69) is 77.8 Å². The molecule has 0 spiro atoms. The Hall–Kier alpha value is -2.87. The summed E-state index contributed by atoms with van der Waals surface area (Å²) >= 11 is 0. The van der Waals surface area contributed by atoms with Gasteiger partial charge in [0.15, 0.2) is 5.65 Å². The Morgan fingerprint density at radius 3 is 2.50 bits per heavy atom. The van der Waals surface area contributed by atoms with Crippen LogP contribution in [0.1, 0.15) is 64.4 Å². The highest BCUT2D eigenvalue weighted by molar-refractivity contribution is 6.76. The van der Waals surface area contributed by atoms with E-state index >= 15 is 0 Å². The van der Waals surface area contributed by atoms with Gasteiger partial charge >= 0.3 is 0 Å². The maximum Gasteiger partial charge on any atom is 0.255 e. The van der Waals surface area contributed by atoms with Crippen LogP contribution in [0.15, 0.2) is 30.6 Å². The number of ether oxygens (including phenoxy) is 1. The molecule has 0 aliphatic heterocycles. The Bertz CT molecular complexity index is 1580. The van der Waals surface area contributed by atoms with Crippen LogP contribution < -0.4 is 5.32 Å². The van der Waals surface area contributed by atoms with Gasteiger partial charge in [-0.1, -0.05) is 46.5 Å². The van der Waals surface area contributed by atoms with Gasteiger partial charge < -0.3 is 19.0 Å². The molecule has 0 atom stereocenters. The van der Waals surface area contributed by atoms with E-state index in [-0.39, 0.29) is 17.0 Å². The van der Waals surface area contributed by atoms with Crippen LogP contribution in [0.5, 0.6) is 0 Å². The van der Waals surface area contributed by atoms with Gasteiger partial charge in [-0.25, -0.2) is 9.97 Å². The molecule has 42 heavy (non-hydrogen) atoms. The highest BCUT2D eigenvalue weighted by Gasteiger charge is 2.27. The average molecular weight is 607 g/mol. The first-order valence-corrected chi connectivity index (χ1v) is 19.2. The summed E-state index contributed by atoms with van der Waals surface area (Å²) in [5, 5.41) is 8.88. The minimum Gasteiger partial charge on any atom is -0.408 e. The summed E-state index contributed by atoms with van der Waals surface area (Å²) in [7, 11) is 1.07. The standard InChI is InChI=1S/C31H46N6O3Si2/c1-20(2)33-29(38)23-18-37(19-39-14-15-42(9,10)11)28-27(23)34-24(17-32-28)26-22-16-21(12-13-25(22)36(8)35-26)31(6,7)40-41-30(3,4)5/h12-13,16-18,20H,14-15,19H2,1-11H3,(H,33,38). The number of rotatable bonds is 11. The molecule has 11 heteroatoms. The van der Waals surface area contributed by atoms with E-state index in [0.29, 0.717) is 51.2 Å². The first kappa shape index (κ1) is 32.1. The van der Waals surface area contributed by atoms with E-state index < -0.39 is 13.7 Å². The summed E-state index contributed by atoms with van der Waals surface area (Å²) in [5.41, 5.74) is 4.51. The minimum atomic E-state index is -1.22. The molecule has 226 valence electrons. The van der Waals surface area contributed by atoms with Crippen molar-refractivity contribution in [3.05, 3.63) is 41.7 Å². The Balaban J connectivity index is 1.76.